The van der Waals surface area contributed by atoms with Crippen LogP contribution in [-0.2, 0) is 21.2 Å². The first-order valence-electron chi connectivity index (χ1n) is 12.3. The standard InChI is InChI=1S/C26H36N4O3S/c31-26(25(24-10-5-2-6-11-24)30-18-20-34(32,33)21-19-30)27-12-7-13-28-14-16-29(17-15-28)22-23-8-3-1-4-9-23/h1-6,8-11,25H,7,12-22H2,(H,27,31). The van der Waals surface area contributed by atoms with Crippen molar-refractivity contribution < 1.29 is 13.2 Å². The minimum absolute atomic E-state index is 0.0434. The highest BCUT2D eigenvalue weighted by atomic mass is 32.2. The van der Waals surface area contributed by atoms with E-state index < -0.39 is 15.9 Å². The van der Waals surface area contributed by atoms with E-state index in [9.17, 15) is 13.2 Å². The fourth-order valence-electron chi connectivity index (χ4n) is 4.77. The van der Waals surface area contributed by atoms with Gasteiger partial charge in [-0.1, -0.05) is 60.7 Å². The van der Waals surface area contributed by atoms with Crippen LogP contribution in [0.2, 0.25) is 0 Å². The lowest BCUT2D eigenvalue weighted by Gasteiger charge is -2.35. The summed E-state index contributed by atoms with van der Waals surface area (Å²) in [6, 6.07) is 19.8. The molecule has 0 aromatic heterocycles. The molecule has 2 heterocycles. The number of amides is 1. The Morgan fingerprint density at radius 2 is 1.41 bits per heavy atom. The number of nitrogens with zero attached hydrogens (tertiary/aromatic N) is 3. The molecule has 4 rings (SSSR count). The van der Waals surface area contributed by atoms with E-state index in [1.54, 1.807) is 0 Å². The lowest BCUT2D eigenvalue weighted by Crippen LogP contribution is -2.48. The smallest absolute Gasteiger partial charge is 0.241 e. The summed E-state index contributed by atoms with van der Waals surface area (Å²) in [5.41, 5.74) is 2.27. The first kappa shape index (κ1) is 24.9. The van der Waals surface area contributed by atoms with Crippen LogP contribution in [0.5, 0.6) is 0 Å². The highest BCUT2D eigenvalue weighted by Gasteiger charge is 2.32. The van der Waals surface area contributed by atoms with Crippen molar-refractivity contribution in [1.29, 1.82) is 0 Å². The van der Waals surface area contributed by atoms with Crippen molar-refractivity contribution in [2.45, 2.75) is 19.0 Å². The largest absolute Gasteiger partial charge is 0.354 e. The number of hydrogen-bond acceptors (Lipinski definition) is 6. The van der Waals surface area contributed by atoms with Gasteiger partial charge < -0.3 is 10.2 Å². The zero-order valence-corrected chi connectivity index (χ0v) is 20.6. The maximum Gasteiger partial charge on any atom is 0.241 e. The molecule has 0 bridgehead atoms. The van der Waals surface area contributed by atoms with Crippen molar-refractivity contribution >= 4 is 15.7 Å². The Morgan fingerprint density at radius 3 is 2.06 bits per heavy atom. The molecule has 2 aromatic rings. The molecule has 0 saturated carbocycles. The zero-order valence-electron chi connectivity index (χ0n) is 19.8. The van der Waals surface area contributed by atoms with Crippen LogP contribution in [-0.4, -0.2) is 92.9 Å². The minimum atomic E-state index is -2.99. The second kappa shape index (κ2) is 11.9. The van der Waals surface area contributed by atoms with Crippen LogP contribution >= 0.6 is 0 Å². The van der Waals surface area contributed by atoms with Gasteiger partial charge in [-0.3, -0.25) is 14.6 Å². The Balaban J connectivity index is 1.21. The number of hydrogen-bond donors (Lipinski definition) is 1. The molecule has 2 fully saturated rings. The number of piperazine rings is 1. The molecule has 7 nitrogen and oxygen atoms in total. The molecule has 34 heavy (non-hydrogen) atoms. The average molecular weight is 485 g/mol. The molecule has 1 amide bonds. The summed E-state index contributed by atoms with van der Waals surface area (Å²) >= 11 is 0. The molecule has 0 spiro atoms. The van der Waals surface area contributed by atoms with Gasteiger partial charge in [0.1, 0.15) is 6.04 Å². The average Bonchev–Trinajstić information content (AvgIpc) is 2.85. The van der Waals surface area contributed by atoms with Gasteiger partial charge in [-0.05, 0) is 24.1 Å². The summed E-state index contributed by atoms with van der Waals surface area (Å²) in [5, 5.41) is 3.11. The fourth-order valence-corrected chi connectivity index (χ4v) is 6.00. The third kappa shape index (κ3) is 7.12. The Hall–Kier alpha value is -2.26. The highest BCUT2D eigenvalue weighted by Crippen LogP contribution is 2.23. The summed E-state index contributed by atoms with van der Waals surface area (Å²) in [6.45, 7) is 7.61. The highest BCUT2D eigenvalue weighted by molar-refractivity contribution is 7.91. The zero-order chi connectivity index (χ0) is 23.8. The van der Waals surface area contributed by atoms with Crippen molar-refractivity contribution in [2.24, 2.45) is 0 Å². The van der Waals surface area contributed by atoms with E-state index in [4.69, 9.17) is 0 Å². The monoisotopic (exact) mass is 484 g/mol. The maximum atomic E-state index is 13.1. The predicted octanol–water partition coefficient (Wildman–Crippen LogP) is 1.78. The van der Waals surface area contributed by atoms with E-state index in [1.807, 2.05) is 35.2 Å². The summed E-state index contributed by atoms with van der Waals surface area (Å²) in [4.78, 5) is 20.1. The second-order valence-electron chi connectivity index (χ2n) is 9.25. The van der Waals surface area contributed by atoms with E-state index >= 15 is 0 Å². The fraction of sp³-hybridized carbons (Fsp3) is 0.500. The van der Waals surface area contributed by atoms with Gasteiger partial charge in [0.25, 0.3) is 0 Å². The molecular weight excluding hydrogens is 448 g/mol. The molecular formula is C26H36N4O3S. The maximum absolute atomic E-state index is 13.1. The number of carbonyl (C=O) groups excluding carboxylic acids is 1. The van der Waals surface area contributed by atoms with Gasteiger partial charge in [0.05, 0.1) is 11.5 Å². The molecule has 8 heteroatoms. The molecule has 0 radical (unpaired) electrons. The topological polar surface area (TPSA) is 73.0 Å². The van der Waals surface area contributed by atoms with Crippen LogP contribution in [0.4, 0.5) is 0 Å². The summed E-state index contributed by atoms with van der Waals surface area (Å²) < 4.78 is 23.7. The summed E-state index contributed by atoms with van der Waals surface area (Å²) in [7, 11) is -2.99. The number of benzene rings is 2. The van der Waals surface area contributed by atoms with Crippen molar-refractivity contribution in [3.05, 3.63) is 71.8 Å². The lowest BCUT2D eigenvalue weighted by atomic mass is 10.0. The number of nitrogens with one attached hydrogen (secondary N) is 1. The molecule has 2 aliphatic rings. The van der Waals surface area contributed by atoms with Crippen LogP contribution in [0.1, 0.15) is 23.6 Å². The van der Waals surface area contributed by atoms with Gasteiger partial charge in [-0.25, -0.2) is 8.42 Å². The van der Waals surface area contributed by atoms with Gasteiger partial charge in [0, 0.05) is 52.4 Å². The van der Waals surface area contributed by atoms with Crippen molar-refractivity contribution in [1.82, 2.24) is 20.0 Å². The predicted molar refractivity (Wildman–Crippen MR) is 135 cm³/mol. The van der Waals surface area contributed by atoms with Gasteiger partial charge in [-0.2, -0.15) is 0 Å². The number of carbonyl (C=O) groups is 1. The van der Waals surface area contributed by atoms with Crippen molar-refractivity contribution in [3.63, 3.8) is 0 Å². The molecule has 0 aliphatic carbocycles. The van der Waals surface area contributed by atoms with E-state index in [-0.39, 0.29) is 17.4 Å². The lowest BCUT2D eigenvalue weighted by molar-refractivity contribution is -0.126. The third-order valence-corrected chi connectivity index (χ3v) is 8.38. The molecule has 2 aliphatic heterocycles. The number of rotatable bonds is 9. The van der Waals surface area contributed by atoms with E-state index in [0.29, 0.717) is 19.6 Å². The van der Waals surface area contributed by atoms with Gasteiger partial charge >= 0.3 is 0 Å². The molecule has 1 unspecified atom stereocenters. The third-order valence-electron chi connectivity index (χ3n) is 6.77. The molecule has 1 atom stereocenters. The molecule has 1 N–H and O–H groups in total. The normalized spacial score (nSPS) is 20.6. The minimum Gasteiger partial charge on any atom is -0.354 e. The molecule has 2 saturated heterocycles. The van der Waals surface area contributed by atoms with Crippen LogP contribution in [0.3, 0.4) is 0 Å². The first-order valence-corrected chi connectivity index (χ1v) is 14.1. The Kier molecular flexibility index (Phi) is 8.72. The van der Waals surface area contributed by atoms with Crippen LogP contribution in [0, 0.1) is 0 Å². The van der Waals surface area contributed by atoms with E-state index in [1.165, 1.54) is 5.56 Å². The van der Waals surface area contributed by atoms with Crippen molar-refractivity contribution in [3.8, 4) is 0 Å². The van der Waals surface area contributed by atoms with Crippen molar-refractivity contribution in [2.75, 3.05) is 63.9 Å². The second-order valence-corrected chi connectivity index (χ2v) is 11.6. The van der Waals surface area contributed by atoms with Crippen LogP contribution < -0.4 is 5.32 Å². The Morgan fingerprint density at radius 1 is 0.824 bits per heavy atom. The summed E-state index contributed by atoms with van der Waals surface area (Å²) in [5.74, 6) is 0.179. The Bertz CT molecular complexity index is 995. The first-order chi connectivity index (χ1) is 16.5. The Labute approximate surface area is 203 Å². The van der Waals surface area contributed by atoms with Gasteiger partial charge in [-0.15, -0.1) is 0 Å². The quantitative estimate of drug-likeness (QED) is 0.547. The van der Waals surface area contributed by atoms with Gasteiger partial charge in [0.2, 0.25) is 5.91 Å². The van der Waals surface area contributed by atoms with Crippen LogP contribution in [0.25, 0.3) is 0 Å². The molecule has 184 valence electrons. The summed E-state index contributed by atoms with van der Waals surface area (Å²) in [6.07, 6.45) is 0.903. The van der Waals surface area contributed by atoms with E-state index in [2.05, 4.69) is 45.4 Å². The van der Waals surface area contributed by atoms with Gasteiger partial charge in [0.15, 0.2) is 9.84 Å². The molecule has 2 aromatic carbocycles. The number of sulfone groups is 1. The van der Waals surface area contributed by atoms with Crippen LogP contribution in [0.15, 0.2) is 60.7 Å². The van der Waals surface area contributed by atoms with E-state index in [0.717, 1.165) is 51.3 Å². The SMILES string of the molecule is O=C(NCCCN1CCN(Cc2ccccc2)CC1)C(c1ccccc1)N1CCS(=O)(=O)CC1.